The molecule has 1 unspecified atom stereocenters. The van der Waals surface area contributed by atoms with E-state index in [0.717, 1.165) is 40.1 Å². The van der Waals surface area contributed by atoms with Crippen LogP contribution < -0.4 is 5.32 Å². The van der Waals surface area contributed by atoms with Gasteiger partial charge in [-0.05, 0) is 42.8 Å². The molecule has 0 saturated carbocycles. The Morgan fingerprint density at radius 1 is 1.30 bits per heavy atom. The number of pyridine rings is 1. The van der Waals surface area contributed by atoms with Crippen LogP contribution in [0.15, 0.2) is 47.1 Å². The van der Waals surface area contributed by atoms with Gasteiger partial charge in [-0.25, -0.2) is 0 Å². The first kappa shape index (κ1) is 15.5. The zero-order valence-corrected chi connectivity index (χ0v) is 13.8. The lowest BCUT2D eigenvalue weighted by Crippen LogP contribution is -2.24. The molecule has 2 nitrogen and oxygen atoms in total. The van der Waals surface area contributed by atoms with Crippen molar-refractivity contribution in [2.75, 3.05) is 6.54 Å². The molecule has 1 aromatic carbocycles. The maximum atomic E-state index is 6.38. The van der Waals surface area contributed by atoms with Gasteiger partial charge in [0.1, 0.15) is 0 Å². The highest BCUT2D eigenvalue weighted by atomic mass is 79.9. The van der Waals surface area contributed by atoms with Crippen molar-refractivity contribution in [2.24, 2.45) is 0 Å². The molecule has 0 amide bonds. The van der Waals surface area contributed by atoms with Crippen molar-refractivity contribution < 1.29 is 0 Å². The van der Waals surface area contributed by atoms with Crippen LogP contribution in [0.3, 0.4) is 0 Å². The predicted octanol–water partition coefficient (Wildman–Crippen LogP) is 4.78. The van der Waals surface area contributed by atoms with Crippen molar-refractivity contribution in [3.8, 4) is 0 Å². The molecule has 0 bridgehead atoms. The quantitative estimate of drug-likeness (QED) is 0.808. The van der Waals surface area contributed by atoms with Gasteiger partial charge in [0.05, 0.1) is 0 Å². The summed E-state index contributed by atoms with van der Waals surface area (Å²) in [5.74, 6) is 0. The number of nitrogens with zero attached hydrogens (tertiary/aromatic N) is 1. The molecular formula is C16H18BrClN2. The smallest absolute Gasteiger partial charge is 0.0465 e. The van der Waals surface area contributed by atoms with Crippen molar-refractivity contribution >= 4 is 27.5 Å². The lowest BCUT2D eigenvalue weighted by molar-refractivity contribution is 0.524. The minimum absolute atomic E-state index is 0.186. The third kappa shape index (κ3) is 4.30. The van der Waals surface area contributed by atoms with Gasteiger partial charge in [0, 0.05) is 33.8 Å². The normalized spacial score (nSPS) is 12.3. The molecule has 0 aliphatic heterocycles. The average molecular weight is 354 g/mol. The Kier molecular flexibility index (Phi) is 6.02. The van der Waals surface area contributed by atoms with E-state index in [9.17, 15) is 0 Å². The minimum Gasteiger partial charge on any atom is -0.310 e. The first-order valence-corrected chi connectivity index (χ1v) is 7.96. The first-order valence-electron chi connectivity index (χ1n) is 6.79. The fourth-order valence-electron chi connectivity index (χ4n) is 2.12. The van der Waals surface area contributed by atoms with Crippen LogP contribution >= 0.6 is 27.5 Å². The van der Waals surface area contributed by atoms with Crippen molar-refractivity contribution in [2.45, 2.75) is 25.8 Å². The van der Waals surface area contributed by atoms with Gasteiger partial charge in [-0.2, -0.15) is 0 Å². The fourth-order valence-corrected chi connectivity index (χ4v) is 2.93. The third-order valence-corrected chi connectivity index (χ3v) is 3.94. The number of aromatic nitrogens is 1. The summed E-state index contributed by atoms with van der Waals surface area (Å²) in [4.78, 5) is 4.41. The molecule has 1 heterocycles. The van der Waals surface area contributed by atoms with Crippen LogP contribution in [0.25, 0.3) is 0 Å². The second-order valence-corrected chi connectivity index (χ2v) is 6.02. The molecule has 0 radical (unpaired) electrons. The maximum Gasteiger partial charge on any atom is 0.0465 e. The summed E-state index contributed by atoms with van der Waals surface area (Å²) in [6.45, 7) is 3.12. The molecule has 1 atom stereocenters. The molecule has 1 aromatic heterocycles. The molecule has 0 aliphatic carbocycles. The maximum absolute atomic E-state index is 6.38. The van der Waals surface area contributed by atoms with Gasteiger partial charge in [0.15, 0.2) is 0 Å². The highest BCUT2D eigenvalue weighted by molar-refractivity contribution is 9.10. The summed E-state index contributed by atoms with van der Waals surface area (Å²) in [6, 6.07) is 12.2. The summed E-state index contributed by atoms with van der Waals surface area (Å²) >= 11 is 9.83. The van der Waals surface area contributed by atoms with Crippen molar-refractivity contribution in [1.29, 1.82) is 0 Å². The first-order chi connectivity index (χ1) is 9.70. The van der Waals surface area contributed by atoms with Crippen molar-refractivity contribution in [3.63, 3.8) is 0 Å². The van der Waals surface area contributed by atoms with Gasteiger partial charge >= 0.3 is 0 Å². The summed E-state index contributed by atoms with van der Waals surface area (Å²) in [6.07, 6.45) is 3.75. The van der Waals surface area contributed by atoms with Crippen LogP contribution in [-0.2, 0) is 6.42 Å². The Balaban J connectivity index is 2.22. The molecule has 2 aromatic rings. The van der Waals surface area contributed by atoms with Gasteiger partial charge in [-0.1, -0.05) is 46.6 Å². The Labute approximate surface area is 133 Å². The second-order valence-electron chi connectivity index (χ2n) is 4.70. The highest BCUT2D eigenvalue weighted by Gasteiger charge is 2.15. The number of hydrogen-bond acceptors (Lipinski definition) is 2. The van der Waals surface area contributed by atoms with Crippen LogP contribution in [-0.4, -0.2) is 11.5 Å². The zero-order valence-electron chi connectivity index (χ0n) is 11.4. The van der Waals surface area contributed by atoms with Gasteiger partial charge in [-0.15, -0.1) is 0 Å². The molecule has 0 saturated heterocycles. The lowest BCUT2D eigenvalue weighted by Gasteiger charge is -2.20. The van der Waals surface area contributed by atoms with Crippen LogP contribution in [0.1, 0.15) is 30.6 Å². The van der Waals surface area contributed by atoms with Crippen LogP contribution in [0.2, 0.25) is 5.02 Å². The molecular weight excluding hydrogens is 336 g/mol. The van der Waals surface area contributed by atoms with Gasteiger partial charge in [-0.3, -0.25) is 4.98 Å². The Morgan fingerprint density at radius 3 is 2.80 bits per heavy atom. The molecule has 4 heteroatoms. The van der Waals surface area contributed by atoms with Gasteiger partial charge in [0.25, 0.3) is 0 Å². The Bertz CT molecular complexity index is 545. The molecule has 106 valence electrons. The number of hydrogen-bond donors (Lipinski definition) is 1. The highest BCUT2D eigenvalue weighted by Crippen LogP contribution is 2.28. The fraction of sp³-hybridized carbons (Fsp3) is 0.312. The largest absolute Gasteiger partial charge is 0.310 e. The zero-order chi connectivity index (χ0) is 14.4. The lowest BCUT2D eigenvalue weighted by atomic mass is 10.0. The van der Waals surface area contributed by atoms with E-state index in [1.807, 2.05) is 36.5 Å². The molecule has 2 rings (SSSR count). The molecule has 20 heavy (non-hydrogen) atoms. The van der Waals surface area contributed by atoms with E-state index in [-0.39, 0.29) is 6.04 Å². The van der Waals surface area contributed by atoms with Crippen LogP contribution in [0.5, 0.6) is 0 Å². The summed E-state index contributed by atoms with van der Waals surface area (Å²) in [5, 5.41) is 4.34. The Morgan fingerprint density at radius 2 is 2.15 bits per heavy atom. The number of rotatable bonds is 6. The molecule has 0 aliphatic rings. The molecule has 0 spiro atoms. The standard InChI is InChI=1S/C16H18BrClN2/c1-2-8-20-16(11-13-5-3-4-9-19-13)14-7-6-12(17)10-15(14)18/h3-7,9-10,16,20H,2,8,11H2,1H3. The van der Waals surface area contributed by atoms with Gasteiger partial charge in [0.2, 0.25) is 0 Å². The van der Waals surface area contributed by atoms with Crippen LogP contribution in [0.4, 0.5) is 0 Å². The summed E-state index contributed by atoms with van der Waals surface area (Å²) in [7, 11) is 0. The number of halogens is 2. The van der Waals surface area contributed by atoms with Crippen molar-refractivity contribution in [1.82, 2.24) is 10.3 Å². The van der Waals surface area contributed by atoms with Crippen LogP contribution in [0, 0.1) is 0 Å². The predicted molar refractivity (Wildman–Crippen MR) is 88.1 cm³/mol. The number of benzene rings is 1. The number of nitrogens with one attached hydrogen (secondary N) is 1. The molecule has 0 fully saturated rings. The van der Waals surface area contributed by atoms with E-state index in [2.05, 4.69) is 39.2 Å². The topological polar surface area (TPSA) is 24.9 Å². The minimum atomic E-state index is 0.186. The monoisotopic (exact) mass is 352 g/mol. The summed E-state index contributed by atoms with van der Waals surface area (Å²) in [5.41, 5.74) is 2.19. The van der Waals surface area contributed by atoms with E-state index in [1.54, 1.807) is 0 Å². The van der Waals surface area contributed by atoms with E-state index in [0.29, 0.717) is 0 Å². The Hall–Kier alpha value is -0.900. The van der Waals surface area contributed by atoms with Crippen molar-refractivity contribution in [3.05, 3.63) is 63.3 Å². The van der Waals surface area contributed by atoms with Gasteiger partial charge < -0.3 is 5.32 Å². The van der Waals surface area contributed by atoms with E-state index < -0.39 is 0 Å². The average Bonchev–Trinajstić information content (AvgIpc) is 2.45. The molecule has 1 N–H and O–H groups in total. The van der Waals surface area contributed by atoms with E-state index >= 15 is 0 Å². The summed E-state index contributed by atoms with van der Waals surface area (Å²) < 4.78 is 0.998. The van der Waals surface area contributed by atoms with E-state index in [4.69, 9.17) is 11.6 Å². The second kappa shape index (κ2) is 7.77. The SMILES string of the molecule is CCCNC(Cc1ccccn1)c1ccc(Br)cc1Cl. The van der Waals surface area contributed by atoms with E-state index in [1.165, 1.54) is 0 Å². The third-order valence-electron chi connectivity index (χ3n) is 3.12.